The zero-order chi connectivity index (χ0) is 20.2. The number of benzene rings is 2. The van der Waals surface area contributed by atoms with Crippen LogP contribution in [0.1, 0.15) is 15.9 Å². The predicted octanol–water partition coefficient (Wildman–Crippen LogP) is 1.82. The summed E-state index contributed by atoms with van der Waals surface area (Å²) in [6.07, 6.45) is 0. The van der Waals surface area contributed by atoms with Gasteiger partial charge in [0.25, 0.3) is 0 Å². The Morgan fingerprint density at radius 1 is 1.04 bits per heavy atom. The molecule has 9 heteroatoms. The Balaban J connectivity index is 2.37. The Bertz CT molecular complexity index is 916. The lowest BCUT2D eigenvalue weighted by atomic mass is 10.2. The first-order valence-corrected chi connectivity index (χ1v) is 9.54. The number of amides is 1. The first-order valence-electron chi connectivity index (χ1n) is 8.10. The molecule has 0 spiro atoms. The van der Waals surface area contributed by atoms with Crippen LogP contribution in [0, 0.1) is 11.6 Å². The molecule has 0 saturated carbocycles. The molecular formula is C18H21F2N3O3S. The molecule has 0 aliphatic carbocycles. The number of primary amides is 1. The molecule has 0 atom stereocenters. The minimum atomic E-state index is -3.97. The molecule has 27 heavy (non-hydrogen) atoms. The highest BCUT2D eigenvalue weighted by Gasteiger charge is 2.26. The second-order valence-electron chi connectivity index (χ2n) is 6.27. The van der Waals surface area contributed by atoms with Gasteiger partial charge in [-0.3, -0.25) is 4.79 Å². The second-order valence-corrected chi connectivity index (χ2v) is 8.20. The molecule has 0 aliphatic heterocycles. The number of carbonyl (C=O) groups is 1. The summed E-state index contributed by atoms with van der Waals surface area (Å²) >= 11 is 0. The Hall–Kier alpha value is -2.36. The molecule has 0 heterocycles. The largest absolute Gasteiger partial charge is 0.366 e. The number of rotatable bonds is 8. The second kappa shape index (κ2) is 8.55. The van der Waals surface area contributed by atoms with Gasteiger partial charge in [-0.05, 0) is 44.4 Å². The third-order valence-corrected chi connectivity index (χ3v) is 5.79. The van der Waals surface area contributed by atoms with Gasteiger partial charge in [-0.15, -0.1) is 0 Å². The topological polar surface area (TPSA) is 83.7 Å². The molecular weight excluding hydrogens is 376 g/mol. The molecule has 2 N–H and O–H groups in total. The minimum Gasteiger partial charge on any atom is -0.366 e. The molecule has 6 nitrogen and oxygen atoms in total. The van der Waals surface area contributed by atoms with Gasteiger partial charge < -0.3 is 10.6 Å². The molecule has 0 bridgehead atoms. The molecule has 0 radical (unpaired) electrons. The summed E-state index contributed by atoms with van der Waals surface area (Å²) in [6.45, 7) is 0.255. The van der Waals surface area contributed by atoms with E-state index in [1.54, 1.807) is 19.0 Å². The first-order chi connectivity index (χ1) is 12.6. The molecule has 2 aromatic rings. The van der Waals surface area contributed by atoms with Crippen LogP contribution in [0.5, 0.6) is 0 Å². The van der Waals surface area contributed by atoms with Crippen molar-refractivity contribution in [1.29, 1.82) is 0 Å². The highest BCUT2D eigenvalue weighted by atomic mass is 32.2. The predicted molar refractivity (Wildman–Crippen MR) is 97.5 cm³/mol. The fraction of sp³-hybridized carbons (Fsp3) is 0.278. The van der Waals surface area contributed by atoms with E-state index >= 15 is 0 Å². The van der Waals surface area contributed by atoms with Crippen LogP contribution in [0.2, 0.25) is 0 Å². The van der Waals surface area contributed by atoms with E-state index in [2.05, 4.69) is 0 Å². The van der Waals surface area contributed by atoms with Gasteiger partial charge >= 0.3 is 0 Å². The summed E-state index contributed by atoms with van der Waals surface area (Å²) in [5.74, 6) is -2.22. The van der Waals surface area contributed by atoms with E-state index in [0.717, 1.165) is 10.4 Å². The van der Waals surface area contributed by atoms with Crippen molar-refractivity contribution in [2.45, 2.75) is 11.4 Å². The van der Waals surface area contributed by atoms with E-state index in [4.69, 9.17) is 5.73 Å². The van der Waals surface area contributed by atoms with Crippen molar-refractivity contribution in [3.63, 3.8) is 0 Å². The van der Waals surface area contributed by atoms with E-state index < -0.39 is 27.6 Å². The number of hydrogen-bond acceptors (Lipinski definition) is 4. The molecule has 2 rings (SSSR count). The van der Waals surface area contributed by atoms with Crippen LogP contribution in [-0.4, -0.2) is 50.7 Å². The van der Waals surface area contributed by atoms with Crippen LogP contribution >= 0.6 is 0 Å². The Labute approximate surface area is 157 Å². The van der Waals surface area contributed by atoms with Crippen molar-refractivity contribution in [3.8, 4) is 0 Å². The van der Waals surface area contributed by atoms with Gasteiger partial charge in [0.15, 0.2) is 0 Å². The lowest BCUT2D eigenvalue weighted by Crippen LogP contribution is -2.36. The maximum Gasteiger partial charge on any atom is 0.248 e. The van der Waals surface area contributed by atoms with Gasteiger partial charge in [0.05, 0.1) is 4.90 Å². The molecule has 0 aromatic heterocycles. The van der Waals surface area contributed by atoms with Gasteiger partial charge in [-0.1, -0.05) is 6.07 Å². The molecule has 0 unspecified atom stereocenters. The quantitative estimate of drug-likeness (QED) is 0.737. The van der Waals surface area contributed by atoms with Gasteiger partial charge in [0.1, 0.15) is 11.6 Å². The third-order valence-electron chi connectivity index (χ3n) is 3.94. The molecule has 0 aliphatic rings. The average molecular weight is 397 g/mol. The maximum absolute atomic E-state index is 14.0. The number of nitrogens with two attached hydrogens (primary N) is 1. The van der Waals surface area contributed by atoms with Crippen molar-refractivity contribution in [2.24, 2.45) is 5.73 Å². The third kappa shape index (κ3) is 5.31. The summed E-state index contributed by atoms with van der Waals surface area (Å²) in [5.41, 5.74) is 5.41. The summed E-state index contributed by atoms with van der Waals surface area (Å²) in [7, 11) is -0.405. The summed E-state index contributed by atoms with van der Waals surface area (Å²) in [4.78, 5) is 12.9. The summed E-state index contributed by atoms with van der Waals surface area (Å²) < 4.78 is 54.3. The van der Waals surface area contributed by atoms with Gasteiger partial charge in [0.2, 0.25) is 15.9 Å². The lowest BCUT2D eigenvalue weighted by molar-refractivity contribution is 0.1000. The van der Waals surface area contributed by atoms with E-state index in [-0.39, 0.29) is 29.1 Å². The number of carbonyl (C=O) groups excluding carboxylic acids is 1. The monoisotopic (exact) mass is 397 g/mol. The molecule has 1 amide bonds. The van der Waals surface area contributed by atoms with Crippen LogP contribution < -0.4 is 5.73 Å². The van der Waals surface area contributed by atoms with E-state index in [0.29, 0.717) is 12.6 Å². The Morgan fingerprint density at radius 2 is 1.67 bits per heavy atom. The zero-order valence-corrected chi connectivity index (χ0v) is 15.8. The number of likely N-dealkylation sites (N-methyl/N-ethyl adjacent to an activating group) is 1. The van der Waals surface area contributed by atoms with Gasteiger partial charge in [-0.2, -0.15) is 4.31 Å². The van der Waals surface area contributed by atoms with Crippen LogP contribution in [0.25, 0.3) is 0 Å². The summed E-state index contributed by atoms with van der Waals surface area (Å²) in [5, 5.41) is 0. The van der Waals surface area contributed by atoms with Crippen molar-refractivity contribution in [1.82, 2.24) is 9.21 Å². The molecule has 2 aromatic carbocycles. The normalized spacial score (nSPS) is 11.9. The van der Waals surface area contributed by atoms with E-state index in [1.807, 2.05) is 0 Å². The van der Waals surface area contributed by atoms with E-state index in [1.165, 1.54) is 30.3 Å². The summed E-state index contributed by atoms with van der Waals surface area (Å²) in [6, 6.07) is 8.21. The number of nitrogens with zero attached hydrogens (tertiary/aromatic N) is 2. The highest BCUT2D eigenvalue weighted by molar-refractivity contribution is 7.89. The first kappa shape index (κ1) is 20.9. The van der Waals surface area contributed by atoms with Crippen molar-refractivity contribution < 1.29 is 22.0 Å². The SMILES string of the molecule is CN(C)CCN(Cc1ccc(F)cc1F)S(=O)(=O)c1ccc(C(N)=O)cc1. The fourth-order valence-corrected chi connectivity index (χ4v) is 3.79. The van der Waals surface area contributed by atoms with Gasteiger partial charge in [0, 0.05) is 36.8 Å². The molecule has 146 valence electrons. The fourth-order valence-electron chi connectivity index (χ4n) is 2.38. The van der Waals surface area contributed by atoms with Crippen molar-refractivity contribution in [2.75, 3.05) is 27.2 Å². The van der Waals surface area contributed by atoms with Gasteiger partial charge in [-0.25, -0.2) is 17.2 Å². The van der Waals surface area contributed by atoms with Crippen LogP contribution in [-0.2, 0) is 16.6 Å². The van der Waals surface area contributed by atoms with Crippen LogP contribution in [0.4, 0.5) is 8.78 Å². The standard InChI is InChI=1S/C18H21F2N3O3S/c1-22(2)9-10-23(12-14-3-6-15(19)11-17(14)20)27(25,26)16-7-4-13(5-8-16)18(21)24/h3-8,11H,9-10,12H2,1-2H3,(H2,21,24). The Kier molecular flexibility index (Phi) is 6.63. The number of sulfonamides is 1. The van der Waals surface area contributed by atoms with Crippen LogP contribution in [0.15, 0.2) is 47.4 Å². The van der Waals surface area contributed by atoms with Crippen molar-refractivity contribution in [3.05, 3.63) is 65.2 Å². The highest BCUT2D eigenvalue weighted by Crippen LogP contribution is 2.20. The number of hydrogen-bond donors (Lipinski definition) is 1. The smallest absolute Gasteiger partial charge is 0.248 e. The molecule has 0 saturated heterocycles. The maximum atomic E-state index is 14.0. The van der Waals surface area contributed by atoms with Crippen LogP contribution in [0.3, 0.4) is 0 Å². The zero-order valence-electron chi connectivity index (χ0n) is 15.0. The molecule has 0 fully saturated rings. The minimum absolute atomic E-state index is 0.0474. The number of halogens is 2. The van der Waals surface area contributed by atoms with E-state index in [9.17, 15) is 22.0 Å². The lowest BCUT2D eigenvalue weighted by Gasteiger charge is -2.24. The Morgan fingerprint density at radius 3 is 2.19 bits per heavy atom. The average Bonchev–Trinajstić information content (AvgIpc) is 2.60. The van der Waals surface area contributed by atoms with Crippen molar-refractivity contribution >= 4 is 15.9 Å².